The molecular weight excluding hydrogens is 339 g/mol. The van der Waals surface area contributed by atoms with Crippen LogP contribution in [0.5, 0.6) is 0 Å². The number of halogens is 1. The second-order valence-electron chi connectivity index (χ2n) is 6.43. The molecule has 5 nitrogen and oxygen atoms in total. The van der Waals surface area contributed by atoms with Gasteiger partial charge in [-0.3, -0.25) is 4.79 Å². The van der Waals surface area contributed by atoms with Gasteiger partial charge in [0.15, 0.2) is 0 Å². The maximum absolute atomic E-state index is 13.2. The maximum atomic E-state index is 13.2. The van der Waals surface area contributed by atoms with Crippen LogP contribution < -0.4 is 5.73 Å². The molecule has 0 radical (unpaired) electrons. The lowest BCUT2D eigenvalue weighted by molar-refractivity contribution is 0.0720. The van der Waals surface area contributed by atoms with Crippen LogP contribution in [0.15, 0.2) is 30.3 Å². The van der Waals surface area contributed by atoms with Crippen LogP contribution in [0.1, 0.15) is 28.2 Å². The molecule has 1 aliphatic rings. The quantitative estimate of drug-likeness (QED) is 0.766. The molecule has 1 aliphatic heterocycles. The van der Waals surface area contributed by atoms with E-state index >= 15 is 0 Å². The number of piperidine rings is 1. The SMILES string of the molecule is Cc1nn(-c2ccc(F)cc2)c2sc(C(=O)N3CCC(N)CC3)cc12. The minimum atomic E-state index is -0.283. The van der Waals surface area contributed by atoms with Crippen LogP contribution in [0.3, 0.4) is 0 Å². The largest absolute Gasteiger partial charge is 0.338 e. The Hall–Kier alpha value is -2.25. The number of nitrogens with two attached hydrogens (primary N) is 1. The molecule has 1 saturated heterocycles. The van der Waals surface area contributed by atoms with E-state index < -0.39 is 0 Å². The van der Waals surface area contributed by atoms with Gasteiger partial charge in [-0.15, -0.1) is 11.3 Å². The van der Waals surface area contributed by atoms with E-state index in [-0.39, 0.29) is 17.8 Å². The number of hydrogen-bond acceptors (Lipinski definition) is 4. The van der Waals surface area contributed by atoms with Gasteiger partial charge in [0.1, 0.15) is 10.6 Å². The number of hydrogen-bond donors (Lipinski definition) is 1. The van der Waals surface area contributed by atoms with E-state index in [9.17, 15) is 9.18 Å². The normalized spacial score (nSPS) is 15.9. The van der Waals surface area contributed by atoms with Crippen molar-refractivity contribution in [2.75, 3.05) is 13.1 Å². The summed E-state index contributed by atoms with van der Waals surface area (Å²) in [6, 6.07) is 8.31. The lowest BCUT2D eigenvalue weighted by Crippen LogP contribution is -2.42. The van der Waals surface area contributed by atoms with Crippen molar-refractivity contribution >= 4 is 27.5 Å². The number of nitrogens with zero attached hydrogens (tertiary/aromatic N) is 3. The molecule has 3 aromatic rings. The number of carbonyl (C=O) groups is 1. The third kappa shape index (κ3) is 2.94. The van der Waals surface area contributed by atoms with E-state index in [0.29, 0.717) is 18.0 Å². The molecular formula is C18H19FN4OS. The summed E-state index contributed by atoms with van der Waals surface area (Å²) < 4.78 is 15.0. The van der Waals surface area contributed by atoms with E-state index in [1.165, 1.54) is 23.5 Å². The van der Waals surface area contributed by atoms with Crippen molar-refractivity contribution in [3.8, 4) is 5.69 Å². The average molecular weight is 358 g/mol. The first-order chi connectivity index (χ1) is 12.0. The Labute approximate surface area is 148 Å². The molecule has 0 bridgehead atoms. The first-order valence-corrected chi connectivity index (χ1v) is 9.14. The predicted molar refractivity (Wildman–Crippen MR) is 96.8 cm³/mol. The van der Waals surface area contributed by atoms with E-state index in [4.69, 9.17) is 5.73 Å². The van der Waals surface area contributed by atoms with Gasteiger partial charge in [0.2, 0.25) is 0 Å². The van der Waals surface area contributed by atoms with Crippen LogP contribution in [0, 0.1) is 12.7 Å². The highest BCUT2D eigenvalue weighted by atomic mass is 32.1. The fraction of sp³-hybridized carbons (Fsp3) is 0.333. The molecule has 3 heterocycles. The van der Waals surface area contributed by atoms with E-state index in [1.807, 2.05) is 17.9 Å². The molecule has 130 valence electrons. The van der Waals surface area contributed by atoms with Gasteiger partial charge in [0, 0.05) is 24.5 Å². The number of likely N-dealkylation sites (tertiary alicyclic amines) is 1. The maximum Gasteiger partial charge on any atom is 0.264 e. The van der Waals surface area contributed by atoms with Crippen molar-refractivity contribution in [3.05, 3.63) is 46.7 Å². The van der Waals surface area contributed by atoms with Gasteiger partial charge >= 0.3 is 0 Å². The van der Waals surface area contributed by atoms with Crippen LogP contribution in [0.2, 0.25) is 0 Å². The number of aryl methyl sites for hydroxylation is 1. The van der Waals surface area contributed by atoms with Crippen molar-refractivity contribution in [1.29, 1.82) is 0 Å². The molecule has 0 saturated carbocycles. The summed E-state index contributed by atoms with van der Waals surface area (Å²) in [4.78, 5) is 16.3. The fourth-order valence-electron chi connectivity index (χ4n) is 3.17. The number of aromatic nitrogens is 2. The van der Waals surface area contributed by atoms with Crippen LogP contribution in [0.25, 0.3) is 15.9 Å². The highest BCUT2D eigenvalue weighted by Gasteiger charge is 2.24. The van der Waals surface area contributed by atoms with Crippen molar-refractivity contribution < 1.29 is 9.18 Å². The molecule has 2 N–H and O–H groups in total. The van der Waals surface area contributed by atoms with Crippen molar-refractivity contribution in [2.24, 2.45) is 5.73 Å². The molecule has 1 amide bonds. The monoisotopic (exact) mass is 358 g/mol. The summed E-state index contributed by atoms with van der Waals surface area (Å²) >= 11 is 1.43. The molecule has 7 heteroatoms. The first kappa shape index (κ1) is 16.2. The third-order valence-electron chi connectivity index (χ3n) is 4.65. The number of carbonyl (C=O) groups excluding carboxylic acids is 1. The van der Waals surface area contributed by atoms with Crippen LogP contribution in [-0.4, -0.2) is 39.7 Å². The van der Waals surface area contributed by atoms with Gasteiger partial charge in [-0.25, -0.2) is 9.07 Å². The summed E-state index contributed by atoms with van der Waals surface area (Å²) in [5, 5.41) is 5.50. The number of fused-ring (bicyclic) bond motifs is 1. The number of benzene rings is 1. The van der Waals surface area contributed by atoms with Crippen molar-refractivity contribution in [1.82, 2.24) is 14.7 Å². The highest BCUT2D eigenvalue weighted by Crippen LogP contribution is 2.31. The van der Waals surface area contributed by atoms with Gasteiger partial charge in [0.05, 0.1) is 16.3 Å². The number of amides is 1. The van der Waals surface area contributed by atoms with Crippen LogP contribution >= 0.6 is 11.3 Å². The second kappa shape index (κ2) is 6.24. The lowest BCUT2D eigenvalue weighted by atomic mass is 10.1. The summed E-state index contributed by atoms with van der Waals surface area (Å²) in [7, 11) is 0. The molecule has 0 atom stereocenters. The summed E-state index contributed by atoms with van der Waals surface area (Å²) in [6.45, 7) is 3.33. The molecule has 2 aromatic heterocycles. The molecule has 25 heavy (non-hydrogen) atoms. The van der Waals surface area contributed by atoms with Crippen molar-refractivity contribution in [3.63, 3.8) is 0 Å². The molecule has 1 aromatic carbocycles. The molecule has 4 rings (SSSR count). The summed E-state index contributed by atoms with van der Waals surface area (Å²) in [5.74, 6) is -0.229. The highest BCUT2D eigenvalue weighted by molar-refractivity contribution is 7.20. The number of thiophene rings is 1. The molecule has 1 fully saturated rings. The minimum absolute atomic E-state index is 0.0538. The van der Waals surface area contributed by atoms with Gasteiger partial charge in [-0.2, -0.15) is 5.10 Å². The Morgan fingerprint density at radius 3 is 2.64 bits per heavy atom. The van der Waals surface area contributed by atoms with E-state index in [1.54, 1.807) is 16.8 Å². The zero-order valence-electron chi connectivity index (χ0n) is 13.9. The standard InChI is InChI=1S/C18H19FN4OS/c1-11-15-10-16(17(24)22-8-6-13(20)7-9-22)25-18(15)23(21-11)14-4-2-12(19)3-5-14/h2-5,10,13H,6-9,20H2,1H3. The van der Waals surface area contributed by atoms with Crippen LogP contribution in [-0.2, 0) is 0 Å². The lowest BCUT2D eigenvalue weighted by Gasteiger charge is -2.29. The predicted octanol–water partition coefficient (Wildman–Crippen LogP) is 3.10. The Bertz CT molecular complexity index is 923. The Kier molecular flexibility index (Phi) is 4.05. The van der Waals surface area contributed by atoms with E-state index in [0.717, 1.165) is 34.4 Å². The number of rotatable bonds is 2. The van der Waals surface area contributed by atoms with Gasteiger partial charge in [-0.05, 0) is 50.1 Å². The Balaban J connectivity index is 1.69. The summed E-state index contributed by atoms with van der Waals surface area (Å²) in [6.07, 6.45) is 1.69. The Morgan fingerprint density at radius 2 is 1.96 bits per heavy atom. The molecule has 0 spiro atoms. The second-order valence-corrected chi connectivity index (χ2v) is 7.46. The van der Waals surface area contributed by atoms with Gasteiger partial charge < -0.3 is 10.6 Å². The van der Waals surface area contributed by atoms with Crippen LogP contribution in [0.4, 0.5) is 4.39 Å². The summed E-state index contributed by atoms with van der Waals surface area (Å²) in [5.41, 5.74) is 7.56. The first-order valence-electron chi connectivity index (χ1n) is 8.33. The van der Waals surface area contributed by atoms with Gasteiger partial charge in [0.25, 0.3) is 5.91 Å². The minimum Gasteiger partial charge on any atom is -0.338 e. The zero-order valence-corrected chi connectivity index (χ0v) is 14.7. The topological polar surface area (TPSA) is 64.2 Å². The fourth-order valence-corrected chi connectivity index (χ4v) is 4.32. The third-order valence-corrected chi connectivity index (χ3v) is 5.75. The van der Waals surface area contributed by atoms with Crippen molar-refractivity contribution in [2.45, 2.75) is 25.8 Å². The Morgan fingerprint density at radius 1 is 1.28 bits per heavy atom. The molecule has 0 aliphatic carbocycles. The van der Waals surface area contributed by atoms with Gasteiger partial charge in [-0.1, -0.05) is 0 Å². The zero-order chi connectivity index (χ0) is 17.6. The average Bonchev–Trinajstić information content (AvgIpc) is 3.17. The molecule has 0 unspecified atom stereocenters. The smallest absolute Gasteiger partial charge is 0.264 e. The van der Waals surface area contributed by atoms with E-state index in [2.05, 4.69) is 5.10 Å².